The Morgan fingerprint density at radius 1 is 1.20 bits per heavy atom. The van der Waals surface area contributed by atoms with E-state index in [0.717, 1.165) is 18.4 Å². The van der Waals surface area contributed by atoms with Gasteiger partial charge in [-0.2, -0.15) is 4.31 Å². The fraction of sp³-hybridized carbons (Fsp3) is 0.625. The van der Waals surface area contributed by atoms with E-state index in [9.17, 15) is 8.42 Å². The number of hydrogen-bond acceptors (Lipinski definition) is 2. The number of hydrogen-bond donors (Lipinski definition) is 0. The second kappa shape index (κ2) is 5.49. The topological polar surface area (TPSA) is 37.4 Å². The Hall–Kier alpha value is -0.870. The lowest BCUT2D eigenvalue weighted by Gasteiger charge is -2.25. The van der Waals surface area contributed by atoms with Crippen LogP contribution in [0.1, 0.15) is 57.7 Å². The Bertz CT molecular complexity index is 555. The maximum Gasteiger partial charge on any atom is 0.214 e. The molecule has 0 aromatic heterocycles. The summed E-state index contributed by atoms with van der Waals surface area (Å²) in [5.41, 5.74) is 2.53. The molecular weight excluding hydrogens is 270 g/mol. The highest BCUT2D eigenvalue weighted by Gasteiger charge is 2.34. The van der Waals surface area contributed by atoms with Crippen molar-refractivity contribution in [2.24, 2.45) is 0 Å². The summed E-state index contributed by atoms with van der Waals surface area (Å²) < 4.78 is 26.0. The van der Waals surface area contributed by atoms with Crippen LogP contribution in [-0.2, 0) is 15.4 Å². The predicted octanol–water partition coefficient (Wildman–Crippen LogP) is 3.47. The maximum absolute atomic E-state index is 12.1. The molecule has 2 rings (SSSR count). The molecule has 4 heteroatoms. The van der Waals surface area contributed by atoms with Crippen LogP contribution in [0.2, 0.25) is 0 Å². The van der Waals surface area contributed by atoms with Crippen molar-refractivity contribution in [3.8, 4) is 0 Å². The molecule has 1 aliphatic heterocycles. The highest BCUT2D eigenvalue weighted by molar-refractivity contribution is 7.89. The van der Waals surface area contributed by atoms with E-state index >= 15 is 0 Å². The number of nitrogens with zero attached hydrogens (tertiary/aromatic N) is 1. The van der Waals surface area contributed by atoms with Crippen molar-refractivity contribution in [3.63, 3.8) is 0 Å². The van der Waals surface area contributed by atoms with Crippen LogP contribution in [0, 0.1) is 0 Å². The summed E-state index contributed by atoms with van der Waals surface area (Å²) in [6.07, 6.45) is 1.87. The first-order valence-corrected chi connectivity index (χ1v) is 8.96. The third-order valence-electron chi connectivity index (χ3n) is 4.09. The van der Waals surface area contributed by atoms with E-state index in [2.05, 4.69) is 45.0 Å². The van der Waals surface area contributed by atoms with E-state index in [1.54, 1.807) is 11.2 Å². The first kappa shape index (κ1) is 15.5. The van der Waals surface area contributed by atoms with Gasteiger partial charge in [0, 0.05) is 12.6 Å². The quantitative estimate of drug-likeness (QED) is 0.856. The molecule has 0 aliphatic carbocycles. The number of benzene rings is 1. The summed E-state index contributed by atoms with van der Waals surface area (Å²) in [5.74, 6) is 0.184. The second-order valence-electron chi connectivity index (χ2n) is 6.54. The molecule has 0 saturated carbocycles. The molecule has 1 unspecified atom stereocenters. The predicted molar refractivity (Wildman–Crippen MR) is 83.3 cm³/mol. The highest BCUT2D eigenvalue weighted by atomic mass is 32.2. The summed E-state index contributed by atoms with van der Waals surface area (Å²) in [6, 6.07) is 8.46. The normalized spacial score (nSPS) is 21.3. The largest absolute Gasteiger partial charge is 0.214 e. The smallest absolute Gasteiger partial charge is 0.212 e. The lowest BCUT2D eigenvalue weighted by molar-refractivity contribution is 0.397. The summed E-state index contributed by atoms with van der Waals surface area (Å²) in [5, 5.41) is 0. The van der Waals surface area contributed by atoms with Gasteiger partial charge in [0.25, 0.3) is 0 Å². The molecule has 1 heterocycles. The molecule has 0 spiro atoms. The average Bonchev–Trinajstić information content (AvgIpc) is 2.88. The molecule has 3 nitrogen and oxygen atoms in total. The van der Waals surface area contributed by atoms with Gasteiger partial charge >= 0.3 is 0 Å². The van der Waals surface area contributed by atoms with Crippen molar-refractivity contribution >= 4 is 10.0 Å². The number of sulfonamides is 1. The van der Waals surface area contributed by atoms with Gasteiger partial charge in [0.2, 0.25) is 10.0 Å². The third-order valence-corrected chi connectivity index (χ3v) is 5.97. The minimum absolute atomic E-state index is 0.0222. The molecule has 1 fully saturated rings. The SMILES string of the molecule is CCS(=O)(=O)N1CCCC1c1ccc(C(C)(C)C)cc1. The molecule has 1 atom stereocenters. The van der Waals surface area contributed by atoms with Gasteiger partial charge in [-0.25, -0.2) is 8.42 Å². The highest BCUT2D eigenvalue weighted by Crippen LogP contribution is 2.35. The van der Waals surface area contributed by atoms with Crippen LogP contribution in [0.3, 0.4) is 0 Å². The molecule has 0 bridgehead atoms. The van der Waals surface area contributed by atoms with Crippen molar-refractivity contribution in [2.75, 3.05) is 12.3 Å². The van der Waals surface area contributed by atoms with E-state index in [1.807, 2.05) is 0 Å². The van der Waals surface area contributed by atoms with Gasteiger partial charge in [-0.05, 0) is 36.3 Å². The molecule has 1 aromatic rings. The van der Waals surface area contributed by atoms with E-state index in [4.69, 9.17) is 0 Å². The third kappa shape index (κ3) is 3.07. The van der Waals surface area contributed by atoms with E-state index in [1.165, 1.54) is 5.56 Å². The van der Waals surface area contributed by atoms with Crippen LogP contribution in [0.5, 0.6) is 0 Å². The van der Waals surface area contributed by atoms with Gasteiger partial charge in [0.15, 0.2) is 0 Å². The molecule has 0 radical (unpaired) electrons. The lowest BCUT2D eigenvalue weighted by Crippen LogP contribution is -2.31. The van der Waals surface area contributed by atoms with E-state index < -0.39 is 10.0 Å². The molecule has 1 saturated heterocycles. The molecule has 0 amide bonds. The summed E-state index contributed by atoms with van der Waals surface area (Å²) in [7, 11) is -3.10. The first-order chi connectivity index (χ1) is 9.25. The Kier molecular flexibility index (Phi) is 4.26. The number of rotatable bonds is 3. The lowest BCUT2D eigenvalue weighted by atomic mass is 9.86. The van der Waals surface area contributed by atoms with Crippen LogP contribution >= 0.6 is 0 Å². The Morgan fingerprint density at radius 2 is 1.80 bits per heavy atom. The zero-order valence-corrected chi connectivity index (χ0v) is 13.7. The van der Waals surface area contributed by atoms with Crippen molar-refractivity contribution in [1.82, 2.24) is 4.31 Å². The van der Waals surface area contributed by atoms with Crippen LogP contribution in [0.15, 0.2) is 24.3 Å². The Labute approximate surface area is 123 Å². The van der Waals surface area contributed by atoms with Crippen LogP contribution < -0.4 is 0 Å². The molecule has 1 aromatic carbocycles. The summed E-state index contributed by atoms with van der Waals surface area (Å²) >= 11 is 0. The molecule has 112 valence electrons. The first-order valence-electron chi connectivity index (χ1n) is 7.35. The van der Waals surface area contributed by atoms with Crippen molar-refractivity contribution < 1.29 is 8.42 Å². The Morgan fingerprint density at radius 3 is 2.30 bits per heavy atom. The molecule has 20 heavy (non-hydrogen) atoms. The summed E-state index contributed by atoms with van der Waals surface area (Å²) in [6.45, 7) is 8.93. The van der Waals surface area contributed by atoms with Gasteiger partial charge in [0.05, 0.1) is 5.75 Å². The summed E-state index contributed by atoms with van der Waals surface area (Å²) in [4.78, 5) is 0. The van der Waals surface area contributed by atoms with Crippen LogP contribution in [-0.4, -0.2) is 25.0 Å². The van der Waals surface area contributed by atoms with Gasteiger partial charge in [-0.15, -0.1) is 0 Å². The van der Waals surface area contributed by atoms with Crippen molar-refractivity contribution in [3.05, 3.63) is 35.4 Å². The zero-order chi connectivity index (χ0) is 15.0. The second-order valence-corrected chi connectivity index (χ2v) is 8.75. The van der Waals surface area contributed by atoms with E-state index in [0.29, 0.717) is 6.54 Å². The van der Waals surface area contributed by atoms with Gasteiger partial charge in [-0.3, -0.25) is 0 Å². The standard InChI is InChI=1S/C16H25NO2S/c1-5-20(18,19)17-12-6-7-15(17)13-8-10-14(11-9-13)16(2,3)4/h8-11,15H,5-7,12H2,1-4H3. The molecule has 0 N–H and O–H groups in total. The van der Waals surface area contributed by atoms with Gasteiger partial charge < -0.3 is 0 Å². The maximum atomic E-state index is 12.1. The monoisotopic (exact) mass is 295 g/mol. The van der Waals surface area contributed by atoms with Crippen LogP contribution in [0.4, 0.5) is 0 Å². The Balaban J connectivity index is 2.27. The average molecular weight is 295 g/mol. The minimum Gasteiger partial charge on any atom is -0.212 e. The fourth-order valence-corrected chi connectivity index (χ4v) is 4.13. The van der Waals surface area contributed by atoms with Crippen LogP contribution in [0.25, 0.3) is 0 Å². The molecular formula is C16H25NO2S. The van der Waals surface area contributed by atoms with E-state index in [-0.39, 0.29) is 17.2 Å². The zero-order valence-electron chi connectivity index (χ0n) is 12.9. The van der Waals surface area contributed by atoms with Gasteiger partial charge in [0.1, 0.15) is 0 Å². The molecule has 1 aliphatic rings. The van der Waals surface area contributed by atoms with Crippen molar-refractivity contribution in [2.45, 2.75) is 52.0 Å². The fourth-order valence-electron chi connectivity index (χ4n) is 2.78. The minimum atomic E-state index is -3.10. The van der Waals surface area contributed by atoms with Gasteiger partial charge in [-0.1, -0.05) is 45.0 Å². The van der Waals surface area contributed by atoms with Crippen molar-refractivity contribution in [1.29, 1.82) is 0 Å².